The molecule has 1 saturated carbocycles. The van der Waals surface area contributed by atoms with Gasteiger partial charge in [0.05, 0.1) is 5.41 Å². The Hall–Kier alpha value is -1.09. The number of carbonyl (C=O) groups is 1. The molecule has 1 saturated heterocycles. The van der Waals surface area contributed by atoms with Gasteiger partial charge in [-0.25, -0.2) is 0 Å². The summed E-state index contributed by atoms with van der Waals surface area (Å²) in [7, 11) is 0. The fourth-order valence-corrected chi connectivity index (χ4v) is 3.54. The molecule has 0 aromatic heterocycles. The number of nitrogens with zero attached hydrogens (tertiary/aromatic N) is 1. The van der Waals surface area contributed by atoms with Crippen LogP contribution in [0.2, 0.25) is 0 Å². The van der Waals surface area contributed by atoms with Crippen LogP contribution in [0.1, 0.15) is 25.7 Å². The number of hydrogen-bond acceptors (Lipinski definition) is 2. The van der Waals surface area contributed by atoms with Crippen LogP contribution in [0, 0.1) is 11.3 Å². The third-order valence-electron chi connectivity index (χ3n) is 4.45. The lowest BCUT2D eigenvalue weighted by atomic mass is 9.67. The van der Waals surface area contributed by atoms with Gasteiger partial charge in [0.1, 0.15) is 0 Å². The summed E-state index contributed by atoms with van der Waals surface area (Å²) in [6, 6.07) is 0. The Bertz CT molecular complexity index is 329. The van der Waals surface area contributed by atoms with Crippen LogP contribution in [0.4, 0.5) is 0 Å². The first-order valence-electron chi connectivity index (χ1n) is 6.96. The molecule has 1 aliphatic heterocycles. The standard InChI is InChI=1S/C15H24N2O/c1-3-9-17(10-4-2)14(18)15-8-6-5-7-13(15)11-16-12-15/h3-4,13,16H,1-2,5-12H2/t13-,15+/m0/s1. The van der Waals surface area contributed by atoms with Crippen molar-refractivity contribution in [3.05, 3.63) is 25.3 Å². The molecule has 0 aromatic carbocycles. The fourth-order valence-electron chi connectivity index (χ4n) is 3.54. The molecule has 2 atom stereocenters. The zero-order valence-corrected chi connectivity index (χ0v) is 11.2. The molecule has 1 heterocycles. The van der Waals surface area contributed by atoms with Crippen molar-refractivity contribution in [2.75, 3.05) is 26.2 Å². The SMILES string of the molecule is C=CCN(CC=C)C(=O)[C@@]12CCCC[C@H]1CNC2. The van der Waals surface area contributed by atoms with E-state index in [4.69, 9.17) is 0 Å². The van der Waals surface area contributed by atoms with E-state index < -0.39 is 0 Å². The van der Waals surface area contributed by atoms with E-state index in [1.54, 1.807) is 12.2 Å². The summed E-state index contributed by atoms with van der Waals surface area (Å²) in [4.78, 5) is 14.8. The van der Waals surface area contributed by atoms with E-state index in [0.717, 1.165) is 19.5 Å². The van der Waals surface area contributed by atoms with Crippen molar-refractivity contribution < 1.29 is 4.79 Å². The van der Waals surface area contributed by atoms with Gasteiger partial charge in [-0.15, -0.1) is 13.2 Å². The Morgan fingerprint density at radius 1 is 1.33 bits per heavy atom. The third-order valence-corrected chi connectivity index (χ3v) is 4.45. The summed E-state index contributed by atoms with van der Waals surface area (Å²) in [5.74, 6) is 0.827. The topological polar surface area (TPSA) is 32.3 Å². The molecule has 2 aliphatic rings. The second-order valence-corrected chi connectivity index (χ2v) is 5.52. The van der Waals surface area contributed by atoms with E-state index in [1.807, 2.05) is 4.90 Å². The summed E-state index contributed by atoms with van der Waals surface area (Å²) < 4.78 is 0. The molecule has 0 bridgehead atoms. The van der Waals surface area contributed by atoms with Crippen molar-refractivity contribution in [3.8, 4) is 0 Å². The summed E-state index contributed by atoms with van der Waals surface area (Å²) in [6.45, 7) is 10.6. The zero-order chi connectivity index (χ0) is 13.0. The van der Waals surface area contributed by atoms with Crippen molar-refractivity contribution in [2.24, 2.45) is 11.3 Å². The lowest BCUT2D eigenvalue weighted by Gasteiger charge is -2.40. The van der Waals surface area contributed by atoms with Gasteiger partial charge in [0.25, 0.3) is 0 Å². The Kier molecular flexibility index (Phi) is 4.23. The third kappa shape index (κ3) is 2.24. The van der Waals surface area contributed by atoms with Gasteiger partial charge < -0.3 is 10.2 Å². The molecule has 1 amide bonds. The van der Waals surface area contributed by atoms with Crippen molar-refractivity contribution in [1.29, 1.82) is 0 Å². The van der Waals surface area contributed by atoms with Gasteiger partial charge in [-0.2, -0.15) is 0 Å². The van der Waals surface area contributed by atoms with Crippen molar-refractivity contribution in [2.45, 2.75) is 25.7 Å². The fraction of sp³-hybridized carbons (Fsp3) is 0.667. The van der Waals surface area contributed by atoms with Gasteiger partial charge in [-0.05, 0) is 25.3 Å². The average molecular weight is 248 g/mol. The van der Waals surface area contributed by atoms with Crippen molar-refractivity contribution in [1.82, 2.24) is 10.2 Å². The number of nitrogens with one attached hydrogen (secondary N) is 1. The smallest absolute Gasteiger partial charge is 0.230 e. The maximum Gasteiger partial charge on any atom is 0.230 e. The minimum Gasteiger partial charge on any atom is -0.335 e. The van der Waals surface area contributed by atoms with Crippen LogP contribution in [0.15, 0.2) is 25.3 Å². The zero-order valence-electron chi connectivity index (χ0n) is 11.2. The molecule has 1 aliphatic carbocycles. The molecule has 3 heteroatoms. The van der Waals surface area contributed by atoms with Crippen LogP contribution in [0.25, 0.3) is 0 Å². The highest BCUT2D eigenvalue weighted by Crippen LogP contribution is 2.45. The molecule has 18 heavy (non-hydrogen) atoms. The number of fused-ring (bicyclic) bond motifs is 1. The number of carbonyl (C=O) groups excluding carboxylic acids is 1. The molecule has 0 unspecified atom stereocenters. The number of amides is 1. The summed E-state index contributed by atoms with van der Waals surface area (Å²) in [6.07, 6.45) is 8.28. The molecule has 1 N–H and O–H groups in total. The Morgan fingerprint density at radius 2 is 2.06 bits per heavy atom. The van der Waals surface area contributed by atoms with Crippen molar-refractivity contribution in [3.63, 3.8) is 0 Å². The highest BCUT2D eigenvalue weighted by molar-refractivity contribution is 5.84. The maximum atomic E-state index is 12.9. The molecule has 0 aromatic rings. The monoisotopic (exact) mass is 248 g/mol. The first kappa shape index (κ1) is 13.3. The first-order chi connectivity index (χ1) is 8.74. The van der Waals surface area contributed by atoms with E-state index in [9.17, 15) is 4.79 Å². The van der Waals surface area contributed by atoms with E-state index in [2.05, 4.69) is 18.5 Å². The minimum absolute atomic E-state index is 0.149. The summed E-state index contributed by atoms with van der Waals surface area (Å²) in [5.41, 5.74) is -0.149. The predicted molar refractivity (Wildman–Crippen MR) is 74.2 cm³/mol. The maximum absolute atomic E-state index is 12.9. The van der Waals surface area contributed by atoms with Gasteiger partial charge >= 0.3 is 0 Å². The van der Waals surface area contributed by atoms with Crippen LogP contribution >= 0.6 is 0 Å². The van der Waals surface area contributed by atoms with Crippen molar-refractivity contribution >= 4 is 5.91 Å². The lowest BCUT2D eigenvalue weighted by Crippen LogP contribution is -2.49. The Balaban J connectivity index is 2.18. The second kappa shape index (κ2) is 5.70. The molecular weight excluding hydrogens is 224 g/mol. The molecular formula is C15H24N2O. The highest BCUT2D eigenvalue weighted by Gasteiger charge is 2.51. The quantitative estimate of drug-likeness (QED) is 0.754. The molecule has 2 fully saturated rings. The van der Waals surface area contributed by atoms with Gasteiger partial charge in [-0.3, -0.25) is 4.79 Å². The molecule has 0 radical (unpaired) electrons. The van der Waals surface area contributed by atoms with E-state index in [0.29, 0.717) is 24.9 Å². The lowest BCUT2D eigenvalue weighted by molar-refractivity contribution is -0.144. The normalized spacial score (nSPS) is 30.6. The summed E-state index contributed by atoms with van der Waals surface area (Å²) in [5, 5.41) is 3.43. The number of hydrogen-bond donors (Lipinski definition) is 1. The predicted octanol–water partition coefficient (Wildman–Crippen LogP) is 1.97. The van der Waals surface area contributed by atoms with E-state index >= 15 is 0 Å². The highest BCUT2D eigenvalue weighted by atomic mass is 16.2. The van der Waals surface area contributed by atoms with Gasteiger partial charge in [0.2, 0.25) is 5.91 Å². The van der Waals surface area contributed by atoms with Crippen LogP contribution in [-0.2, 0) is 4.79 Å². The summed E-state index contributed by atoms with van der Waals surface area (Å²) >= 11 is 0. The minimum atomic E-state index is -0.149. The van der Waals surface area contributed by atoms with E-state index in [1.165, 1.54) is 19.3 Å². The Labute approximate surface area is 110 Å². The van der Waals surface area contributed by atoms with Gasteiger partial charge in [0.15, 0.2) is 0 Å². The van der Waals surface area contributed by atoms with Crippen LogP contribution in [0.3, 0.4) is 0 Å². The largest absolute Gasteiger partial charge is 0.335 e. The van der Waals surface area contributed by atoms with Crippen LogP contribution < -0.4 is 5.32 Å². The van der Waals surface area contributed by atoms with Crippen LogP contribution in [-0.4, -0.2) is 37.0 Å². The molecule has 2 rings (SSSR count). The van der Waals surface area contributed by atoms with E-state index in [-0.39, 0.29) is 5.41 Å². The molecule has 100 valence electrons. The second-order valence-electron chi connectivity index (χ2n) is 5.52. The van der Waals surface area contributed by atoms with Crippen LogP contribution in [0.5, 0.6) is 0 Å². The Morgan fingerprint density at radius 3 is 2.72 bits per heavy atom. The molecule has 3 nitrogen and oxygen atoms in total. The number of rotatable bonds is 5. The average Bonchev–Trinajstić information content (AvgIpc) is 2.82. The first-order valence-corrected chi connectivity index (χ1v) is 6.96. The van der Waals surface area contributed by atoms with Gasteiger partial charge in [-0.1, -0.05) is 25.0 Å². The molecule has 0 spiro atoms. The van der Waals surface area contributed by atoms with Gasteiger partial charge in [0, 0.05) is 19.6 Å².